The number of nitro groups is 1. The molecule has 1 aliphatic heterocycles. The standard InChI is InChI=1S/C12H20N4O3/c1-3-15-12(11(16(17)18)9(2)14-15)13-10-5-4-7-19-8-6-10/h10,13H,3-8H2,1-2H3. The van der Waals surface area contributed by atoms with Crippen LogP contribution in [0.25, 0.3) is 0 Å². The predicted molar refractivity (Wildman–Crippen MR) is 71.4 cm³/mol. The topological polar surface area (TPSA) is 82.2 Å². The van der Waals surface area contributed by atoms with E-state index in [1.54, 1.807) is 11.6 Å². The van der Waals surface area contributed by atoms with Gasteiger partial charge in [-0.2, -0.15) is 5.10 Å². The van der Waals surface area contributed by atoms with Crippen LogP contribution in [0.15, 0.2) is 0 Å². The molecule has 7 heteroatoms. The van der Waals surface area contributed by atoms with Crippen LogP contribution in [0.3, 0.4) is 0 Å². The van der Waals surface area contributed by atoms with E-state index >= 15 is 0 Å². The molecule has 0 amide bonds. The van der Waals surface area contributed by atoms with Crippen molar-refractivity contribution in [2.45, 2.75) is 45.7 Å². The van der Waals surface area contributed by atoms with Crippen molar-refractivity contribution >= 4 is 11.5 Å². The molecule has 1 atom stereocenters. The highest BCUT2D eigenvalue weighted by Crippen LogP contribution is 2.29. The minimum absolute atomic E-state index is 0.0898. The van der Waals surface area contributed by atoms with Crippen molar-refractivity contribution in [1.82, 2.24) is 9.78 Å². The number of ether oxygens (including phenoxy) is 1. The molecule has 1 aromatic heterocycles. The Kier molecular flexibility index (Phi) is 4.36. The highest BCUT2D eigenvalue weighted by Gasteiger charge is 2.26. The molecular weight excluding hydrogens is 248 g/mol. The maximum absolute atomic E-state index is 11.2. The van der Waals surface area contributed by atoms with Crippen LogP contribution in [0, 0.1) is 17.0 Å². The van der Waals surface area contributed by atoms with Crippen molar-refractivity contribution in [2.24, 2.45) is 0 Å². The van der Waals surface area contributed by atoms with Crippen LogP contribution in [-0.4, -0.2) is 34.0 Å². The van der Waals surface area contributed by atoms with Gasteiger partial charge in [0.05, 0.1) is 4.92 Å². The van der Waals surface area contributed by atoms with Crippen LogP contribution in [0.2, 0.25) is 0 Å². The molecule has 0 radical (unpaired) electrons. The largest absolute Gasteiger partial charge is 0.381 e. The van der Waals surface area contributed by atoms with Crippen LogP contribution in [0.5, 0.6) is 0 Å². The number of nitrogens with one attached hydrogen (secondary N) is 1. The Morgan fingerprint density at radius 1 is 1.53 bits per heavy atom. The Bertz CT molecular complexity index is 450. The van der Waals surface area contributed by atoms with Crippen LogP contribution >= 0.6 is 0 Å². The SMILES string of the molecule is CCn1nc(C)c([N+](=O)[O-])c1NC1CCCOCC1. The lowest BCUT2D eigenvalue weighted by atomic mass is 10.1. The van der Waals surface area contributed by atoms with Crippen molar-refractivity contribution in [3.05, 3.63) is 15.8 Å². The molecule has 7 nitrogen and oxygen atoms in total. The van der Waals surface area contributed by atoms with Gasteiger partial charge in [-0.15, -0.1) is 0 Å². The summed E-state index contributed by atoms with van der Waals surface area (Å²) in [6.07, 6.45) is 2.81. The zero-order valence-corrected chi connectivity index (χ0v) is 11.4. The van der Waals surface area contributed by atoms with Crippen LogP contribution in [0.1, 0.15) is 31.9 Å². The Balaban J connectivity index is 2.24. The first-order valence-electron chi connectivity index (χ1n) is 6.69. The van der Waals surface area contributed by atoms with Crippen molar-refractivity contribution < 1.29 is 9.66 Å². The fraction of sp³-hybridized carbons (Fsp3) is 0.750. The minimum atomic E-state index is -0.357. The van der Waals surface area contributed by atoms with Gasteiger partial charge < -0.3 is 10.1 Å². The second kappa shape index (κ2) is 6.01. The van der Waals surface area contributed by atoms with Gasteiger partial charge in [0.1, 0.15) is 5.69 Å². The molecule has 0 bridgehead atoms. The van der Waals surface area contributed by atoms with E-state index < -0.39 is 0 Å². The minimum Gasteiger partial charge on any atom is -0.381 e. The number of aromatic nitrogens is 2. The summed E-state index contributed by atoms with van der Waals surface area (Å²) >= 11 is 0. The fourth-order valence-corrected chi connectivity index (χ4v) is 2.40. The quantitative estimate of drug-likeness (QED) is 0.668. The Morgan fingerprint density at radius 2 is 2.32 bits per heavy atom. The fourth-order valence-electron chi connectivity index (χ4n) is 2.40. The number of aryl methyl sites for hydroxylation is 2. The lowest BCUT2D eigenvalue weighted by Gasteiger charge is -2.17. The third kappa shape index (κ3) is 3.04. The molecule has 1 fully saturated rings. The van der Waals surface area contributed by atoms with Gasteiger partial charge in [0.25, 0.3) is 0 Å². The van der Waals surface area contributed by atoms with E-state index in [4.69, 9.17) is 4.74 Å². The summed E-state index contributed by atoms with van der Waals surface area (Å²) in [5, 5.41) is 18.7. The maximum atomic E-state index is 11.2. The molecule has 0 aliphatic carbocycles. The van der Waals surface area contributed by atoms with E-state index in [9.17, 15) is 10.1 Å². The van der Waals surface area contributed by atoms with Gasteiger partial charge in [-0.25, -0.2) is 4.68 Å². The molecule has 2 heterocycles. The Morgan fingerprint density at radius 3 is 3.00 bits per heavy atom. The summed E-state index contributed by atoms with van der Waals surface area (Å²) in [6.45, 7) is 5.68. The third-order valence-corrected chi connectivity index (χ3v) is 3.37. The summed E-state index contributed by atoms with van der Waals surface area (Å²) in [5.74, 6) is 0.525. The van der Waals surface area contributed by atoms with Gasteiger partial charge in [0, 0.05) is 25.8 Å². The van der Waals surface area contributed by atoms with Crippen LogP contribution in [0.4, 0.5) is 11.5 Å². The summed E-state index contributed by atoms with van der Waals surface area (Å²) in [7, 11) is 0. The molecule has 1 aromatic rings. The van der Waals surface area contributed by atoms with Crippen molar-refractivity contribution in [3.63, 3.8) is 0 Å². The molecular formula is C12H20N4O3. The van der Waals surface area contributed by atoms with E-state index in [-0.39, 0.29) is 16.7 Å². The lowest BCUT2D eigenvalue weighted by molar-refractivity contribution is -0.384. The first-order valence-corrected chi connectivity index (χ1v) is 6.69. The molecule has 2 rings (SSSR count). The third-order valence-electron chi connectivity index (χ3n) is 3.37. The second-order valence-electron chi connectivity index (χ2n) is 4.74. The van der Waals surface area contributed by atoms with Crippen molar-refractivity contribution in [3.8, 4) is 0 Å². The maximum Gasteiger partial charge on any atom is 0.333 e. The molecule has 0 saturated carbocycles. The number of hydrogen-bond acceptors (Lipinski definition) is 5. The Labute approximate surface area is 112 Å². The first-order chi connectivity index (χ1) is 9.13. The molecule has 0 spiro atoms. The normalized spacial score (nSPS) is 20.0. The summed E-state index contributed by atoms with van der Waals surface area (Å²) in [5.41, 5.74) is 0.547. The number of rotatable bonds is 4. The highest BCUT2D eigenvalue weighted by atomic mass is 16.6. The van der Waals surface area contributed by atoms with Gasteiger partial charge in [-0.05, 0) is 33.1 Å². The smallest absolute Gasteiger partial charge is 0.333 e. The molecule has 106 valence electrons. The van der Waals surface area contributed by atoms with E-state index in [2.05, 4.69) is 10.4 Å². The highest BCUT2D eigenvalue weighted by molar-refractivity contribution is 5.60. The summed E-state index contributed by atoms with van der Waals surface area (Å²) in [4.78, 5) is 10.8. The van der Waals surface area contributed by atoms with E-state index in [1.807, 2.05) is 6.92 Å². The van der Waals surface area contributed by atoms with E-state index in [0.29, 0.717) is 24.7 Å². The van der Waals surface area contributed by atoms with Gasteiger partial charge >= 0.3 is 5.69 Å². The summed E-state index contributed by atoms with van der Waals surface area (Å²) < 4.78 is 7.07. The van der Waals surface area contributed by atoms with Gasteiger partial charge in [0.2, 0.25) is 5.82 Å². The molecule has 1 saturated heterocycles. The molecule has 1 unspecified atom stereocenters. The molecule has 19 heavy (non-hydrogen) atoms. The zero-order chi connectivity index (χ0) is 13.8. The number of anilines is 1. The second-order valence-corrected chi connectivity index (χ2v) is 4.74. The van der Waals surface area contributed by atoms with Gasteiger partial charge in [0.15, 0.2) is 0 Å². The monoisotopic (exact) mass is 268 g/mol. The first kappa shape index (κ1) is 13.8. The number of hydrogen-bond donors (Lipinski definition) is 1. The van der Waals surface area contributed by atoms with Gasteiger partial charge in [-0.3, -0.25) is 10.1 Å². The van der Waals surface area contributed by atoms with Crippen LogP contribution in [-0.2, 0) is 11.3 Å². The van der Waals surface area contributed by atoms with E-state index in [0.717, 1.165) is 25.9 Å². The van der Waals surface area contributed by atoms with E-state index in [1.165, 1.54) is 0 Å². The van der Waals surface area contributed by atoms with Gasteiger partial charge in [-0.1, -0.05) is 0 Å². The van der Waals surface area contributed by atoms with Crippen molar-refractivity contribution in [1.29, 1.82) is 0 Å². The molecule has 1 aliphatic rings. The van der Waals surface area contributed by atoms with Crippen LogP contribution < -0.4 is 5.32 Å². The Hall–Kier alpha value is -1.63. The molecule has 1 N–H and O–H groups in total. The molecule has 0 aromatic carbocycles. The average Bonchev–Trinajstić information content (AvgIpc) is 2.54. The predicted octanol–water partition coefficient (Wildman–Crippen LogP) is 2.10. The number of nitrogens with zero attached hydrogens (tertiary/aromatic N) is 3. The van der Waals surface area contributed by atoms with Crippen molar-refractivity contribution in [2.75, 3.05) is 18.5 Å². The zero-order valence-electron chi connectivity index (χ0n) is 11.4. The average molecular weight is 268 g/mol. The lowest BCUT2D eigenvalue weighted by Crippen LogP contribution is -2.22. The summed E-state index contributed by atoms with van der Waals surface area (Å²) in [6, 6.07) is 0.211.